The van der Waals surface area contributed by atoms with Gasteiger partial charge in [-0.05, 0) is 164 Å². The first-order chi connectivity index (χ1) is 42.1. The maximum atomic E-state index is 2.37. The van der Waals surface area contributed by atoms with Crippen molar-refractivity contribution in [2.45, 2.75) is 468 Å². The summed E-state index contributed by atoms with van der Waals surface area (Å²) in [5.74, 6) is 0. The zero-order valence-corrected chi connectivity index (χ0v) is 72.7. The molecule has 0 aliphatic rings. The Morgan fingerprint density at radius 3 is 0.404 bits per heavy atom. The number of rotatable bonds is 30. The van der Waals surface area contributed by atoms with E-state index in [2.05, 4.69) is 298 Å². The van der Waals surface area contributed by atoms with Gasteiger partial charge in [-0.3, -0.25) is 0 Å². The lowest BCUT2D eigenvalue weighted by molar-refractivity contribution is 0.337. The van der Waals surface area contributed by atoms with Crippen LogP contribution in [0.5, 0.6) is 0 Å². The summed E-state index contributed by atoms with van der Waals surface area (Å²) in [6, 6.07) is 18.2. The van der Waals surface area contributed by atoms with E-state index in [1.54, 1.807) is 0 Å². The van der Waals surface area contributed by atoms with E-state index in [-0.39, 0.29) is 0 Å². The lowest BCUT2D eigenvalue weighted by Crippen LogP contribution is -2.11. The molecule has 2 aromatic carbocycles. The first-order valence-electron chi connectivity index (χ1n) is 40.3. The van der Waals surface area contributed by atoms with Crippen LogP contribution in [0, 0.1) is 65.0 Å². The molecule has 0 N–H and O–H groups in total. The molecule has 0 atom stereocenters. The maximum Gasteiger partial charge on any atom is -0.0230 e. The average Bonchev–Trinajstić information content (AvgIpc) is 1.11. The molecule has 94 heavy (non-hydrogen) atoms. The summed E-state index contributed by atoms with van der Waals surface area (Å²) in [5.41, 5.74) is 11.6. The second kappa shape index (κ2) is 48.3. The molecule has 0 heterocycles. The minimum absolute atomic E-state index is 0.375. The van der Waals surface area contributed by atoms with Crippen molar-refractivity contribution in [2.75, 3.05) is 0 Å². The second-order valence-electron chi connectivity index (χ2n) is 44.8. The van der Waals surface area contributed by atoms with Crippen molar-refractivity contribution in [3.63, 3.8) is 0 Å². The summed E-state index contributed by atoms with van der Waals surface area (Å²) in [4.78, 5) is 0. The van der Waals surface area contributed by atoms with Gasteiger partial charge in [-0.1, -0.05) is 439 Å². The van der Waals surface area contributed by atoms with Crippen molar-refractivity contribution < 1.29 is 0 Å². The molecule has 2 rings (SSSR count). The topological polar surface area (TPSA) is 0 Å². The number of benzene rings is 2. The summed E-state index contributed by atoms with van der Waals surface area (Å²) in [7, 11) is 0. The Labute approximate surface area is 599 Å². The van der Waals surface area contributed by atoms with Gasteiger partial charge in [0.25, 0.3) is 0 Å². The first-order valence-corrected chi connectivity index (χ1v) is 40.3. The molecule has 0 saturated heterocycles. The highest BCUT2D eigenvalue weighted by molar-refractivity contribution is 5.25. The fourth-order valence-corrected chi connectivity index (χ4v) is 11.8. The highest BCUT2D eigenvalue weighted by Crippen LogP contribution is 2.31. The molecule has 0 fully saturated rings. The van der Waals surface area contributed by atoms with Crippen molar-refractivity contribution in [1.82, 2.24) is 0 Å². The van der Waals surface area contributed by atoms with E-state index in [0.717, 1.165) is 25.7 Å². The van der Waals surface area contributed by atoms with Gasteiger partial charge in [0.15, 0.2) is 0 Å². The molecular formula is C94H184. The normalized spacial score (nSPS) is 13.1. The monoisotopic (exact) mass is 1310 g/mol. The van der Waals surface area contributed by atoms with Crippen LogP contribution in [0.4, 0.5) is 0 Å². The predicted molar refractivity (Wildman–Crippen MR) is 440 cm³/mol. The number of unbranched alkanes of at least 4 members (excludes halogenated alkanes) is 18. The van der Waals surface area contributed by atoms with E-state index in [0.29, 0.717) is 65.0 Å². The van der Waals surface area contributed by atoms with Crippen molar-refractivity contribution in [2.24, 2.45) is 65.0 Å². The third-order valence-electron chi connectivity index (χ3n) is 16.9. The first kappa shape index (κ1) is 98.8. The summed E-state index contributed by atoms with van der Waals surface area (Å²) in [6.07, 6.45) is 47.2. The Morgan fingerprint density at radius 2 is 0.277 bits per heavy atom. The van der Waals surface area contributed by atoms with Gasteiger partial charge in [0.2, 0.25) is 0 Å². The van der Waals surface area contributed by atoms with E-state index in [9.17, 15) is 0 Å². The fraction of sp³-hybridized carbons (Fsp3) is 0.872. The predicted octanol–water partition coefficient (Wildman–Crippen LogP) is 33.7. The molecule has 0 saturated carbocycles. The SMILES string of the molecule is CC(C)(C)CCCCCCC(C)(C)C.CC(C)(C)CCCCCCCC(C)(C)C.CC(C)(C)CCCCCCCCC(C)(C)C.CC(C)(C)CCCCCCCCCC(C)(C)C.CC(C)(C)Cc1ccc(CC(C)(C)C)cc1.CC(C)(C)Cc1cccc(CC(C)(C)C)c1. The zero-order chi connectivity index (χ0) is 74.0. The molecular weight excluding hydrogens is 1130 g/mol. The Morgan fingerprint density at radius 1 is 0.149 bits per heavy atom. The largest absolute Gasteiger partial charge is 0.0617 e. The quantitative estimate of drug-likeness (QED) is 0.0684. The number of hydrogen-bond acceptors (Lipinski definition) is 0. The zero-order valence-electron chi connectivity index (χ0n) is 72.7. The summed E-state index contributed by atoms with van der Waals surface area (Å²) >= 11 is 0. The fourth-order valence-electron chi connectivity index (χ4n) is 11.8. The highest BCUT2D eigenvalue weighted by Gasteiger charge is 2.18. The van der Waals surface area contributed by atoms with Gasteiger partial charge in [0.1, 0.15) is 0 Å². The lowest BCUT2D eigenvalue weighted by atomic mass is 9.85. The van der Waals surface area contributed by atoms with Crippen LogP contribution in [-0.4, -0.2) is 0 Å². The summed E-state index contributed by atoms with van der Waals surface area (Å²) in [6.45, 7) is 83.7. The van der Waals surface area contributed by atoms with Crippen molar-refractivity contribution in [3.8, 4) is 0 Å². The molecule has 0 radical (unpaired) electrons. The molecule has 0 aromatic heterocycles. The van der Waals surface area contributed by atoms with Crippen LogP contribution in [0.1, 0.15) is 464 Å². The minimum Gasteiger partial charge on any atom is -0.0617 e. The Kier molecular flexibility index (Phi) is 50.8. The van der Waals surface area contributed by atoms with Gasteiger partial charge in [-0.25, -0.2) is 0 Å². The van der Waals surface area contributed by atoms with Crippen LogP contribution in [0.15, 0.2) is 48.5 Å². The maximum absolute atomic E-state index is 2.37. The van der Waals surface area contributed by atoms with Crippen LogP contribution in [-0.2, 0) is 25.7 Å². The van der Waals surface area contributed by atoms with E-state index in [1.807, 2.05) is 0 Å². The summed E-state index contributed by atoms with van der Waals surface area (Å²) in [5, 5.41) is 0. The standard InChI is InChI=1S/C17H36.2C16H26.C16H34.C15H32.C14H30/c1-16(2,3)14-12-10-8-7-9-11-13-15-17(4,5)6;1-15(2,3)11-13-7-9-14(10-8-13)12-16(4,5)6;1-15(2,3)11-13-8-7-9-14(10-13)12-16(4,5)6;1-15(2,3)13-11-9-7-8-10-12-14-16(4,5)6;1-14(2,3)12-10-8-7-9-11-13-15(4,5)6;1-13(2,3)11-9-7-8-10-12-14(4,5)6/h7-15H2,1-6H3;2*7-10H,11-12H2,1-6H3;7-14H2,1-6H3;7-13H2,1-6H3;7-12H2,1-6H3. The Hall–Kier alpha value is -1.56. The van der Waals surface area contributed by atoms with E-state index in [1.165, 1.54) is 215 Å². The van der Waals surface area contributed by atoms with Crippen LogP contribution in [0.25, 0.3) is 0 Å². The van der Waals surface area contributed by atoms with Crippen LogP contribution in [0.2, 0.25) is 0 Å². The molecule has 0 unspecified atom stereocenters. The Bertz CT molecular complexity index is 1850. The van der Waals surface area contributed by atoms with Gasteiger partial charge >= 0.3 is 0 Å². The van der Waals surface area contributed by atoms with E-state index in [4.69, 9.17) is 0 Å². The molecule has 0 spiro atoms. The Balaban J connectivity index is -0.000000518. The smallest absolute Gasteiger partial charge is 0.0230 e. The van der Waals surface area contributed by atoms with Crippen molar-refractivity contribution >= 4 is 0 Å². The van der Waals surface area contributed by atoms with E-state index >= 15 is 0 Å². The molecule has 0 aliphatic heterocycles. The third kappa shape index (κ3) is 92.5. The van der Waals surface area contributed by atoms with Gasteiger partial charge in [-0.2, -0.15) is 0 Å². The molecule has 0 heteroatoms. The molecule has 0 aliphatic carbocycles. The van der Waals surface area contributed by atoms with E-state index < -0.39 is 0 Å². The van der Waals surface area contributed by atoms with Gasteiger partial charge in [0.05, 0.1) is 0 Å². The third-order valence-corrected chi connectivity index (χ3v) is 16.9. The van der Waals surface area contributed by atoms with Crippen LogP contribution >= 0.6 is 0 Å². The average molecular weight is 1310 g/mol. The van der Waals surface area contributed by atoms with Gasteiger partial charge in [-0.15, -0.1) is 0 Å². The molecule has 2 aromatic rings. The molecule has 0 nitrogen and oxygen atoms in total. The molecule has 0 amide bonds. The lowest BCUT2D eigenvalue weighted by Gasteiger charge is -2.21. The molecule has 560 valence electrons. The van der Waals surface area contributed by atoms with Crippen LogP contribution in [0.3, 0.4) is 0 Å². The second-order valence-corrected chi connectivity index (χ2v) is 44.8. The summed E-state index contributed by atoms with van der Waals surface area (Å²) < 4.78 is 0. The van der Waals surface area contributed by atoms with Crippen molar-refractivity contribution in [3.05, 3.63) is 70.8 Å². The molecule has 0 bridgehead atoms. The van der Waals surface area contributed by atoms with Gasteiger partial charge in [0, 0.05) is 0 Å². The highest BCUT2D eigenvalue weighted by atomic mass is 14.2. The minimum atomic E-state index is 0.375. The van der Waals surface area contributed by atoms with Crippen LogP contribution < -0.4 is 0 Å². The number of hydrogen-bond donors (Lipinski definition) is 0. The van der Waals surface area contributed by atoms with Crippen molar-refractivity contribution in [1.29, 1.82) is 0 Å². The van der Waals surface area contributed by atoms with Gasteiger partial charge < -0.3 is 0 Å².